The number of carbonyl (C=O) groups excluding carboxylic acids is 3. The molecule has 1 N–H and O–H groups in total. The number of halogens is 5. The molecule has 30 heavy (non-hydrogen) atoms. The summed E-state index contributed by atoms with van der Waals surface area (Å²) in [6, 6.07) is 5.78. The summed E-state index contributed by atoms with van der Waals surface area (Å²) in [4.78, 5) is 37.9. The highest BCUT2D eigenvalue weighted by molar-refractivity contribution is 9.10. The molecule has 0 atom stereocenters. The molecule has 2 aromatic carbocycles. The highest BCUT2D eigenvalue weighted by atomic mass is 79.9. The Hall–Kier alpha value is -2.85. The van der Waals surface area contributed by atoms with Gasteiger partial charge in [-0.05, 0) is 42.5 Å². The summed E-state index contributed by atoms with van der Waals surface area (Å²) in [5.74, 6) is -1.81. The van der Waals surface area contributed by atoms with Crippen LogP contribution in [0.25, 0.3) is 6.08 Å². The van der Waals surface area contributed by atoms with Gasteiger partial charge in [-0.25, -0.2) is 9.69 Å². The summed E-state index contributed by atoms with van der Waals surface area (Å²) in [5.41, 5.74) is -1.78. The molecule has 0 unspecified atom stereocenters. The lowest BCUT2D eigenvalue weighted by atomic mass is 10.1. The van der Waals surface area contributed by atoms with E-state index in [1.165, 1.54) is 13.2 Å². The molecule has 0 spiro atoms. The Morgan fingerprint density at radius 3 is 2.47 bits per heavy atom. The van der Waals surface area contributed by atoms with Gasteiger partial charge in [0.2, 0.25) is 0 Å². The summed E-state index contributed by atoms with van der Waals surface area (Å²) in [5, 5.41) is 1.66. The average Bonchev–Trinajstić information content (AvgIpc) is 2.65. The Labute approximate surface area is 181 Å². The lowest BCUT2D eigenvalue weighted by Gasteiger charge is -2.27. The van der Waals surface area contributed by atoms with E-state index in [1.807, 2.05) is 5.32 Å². The second kappa shape index (κ2) is 8.11. The van der Waals surface area contributed by atoms with Crippen LogP contribution >= 0.6 is 27.5 Å². The largest absolute Gasteiger partial charge is 0.496 e. The van der Waals surface area contributed by atoms with E-state index >= 15 is 0 Å². The number of carbonyl (C=O) groups is 3. The first-order chi connectivity index (χ1) is 14.0. The van der Waals surface area contributed by atoms with Crippen molar-refractivity contribution in [1.29, 1.82) is 0 Å². The molecule has 11 heteroatoms. The first kappa shape index (κ1) is 21.8. The number of anilines is 1. The molecule has 3 rings (SSSR count). The van der Waals surface area contributed by atoms with Gasteiger partial charge in [0.1, 0.15) is 11.3 Å². The number of alkyl halides is 3. The summed E-state index contributed by atoms with van der Waals surface area (Å²) in [7, 11) is 1.38. The second-order valence-electron chi connectivity index (χ2n) is 6.01. The van der Waals surface area contributed by atoms with Crippen LogP contribution in [0.3, 0.4) is 0 Å². The number of benzene rings is 2. The van der Waals surface area contributed by atoms with Crippen LogP contribution in [0.5, 0.6) is 5.75 Å². The highest BCUT2D eigenvalue weighted by Gasteiger charge is 2.39. The van der Waals surface area contributed by atoms with Crippen LogP contribution in [0.15, 0.2) is 46.4 Å². The van der Waals surface area contributed by atoms with Crippen molar-refractivity contribution in [1.82, 2.24) is 5.32 Å². The highest BCUT2D eigenvalue weighted by Crippen LogP contribution is 2.37. The van der Waals surface area contributed by atoms with E-state index in [2.05, 4.69) is 15.9 Å². The predicted molar refractivity (Wildman–Crippen MR) is 106 cm³/mol. The van der Waals surface area contributed by atoms with Gasteiger partial charge in [0.05, 0.1) is 23.4 Å². The number of amides is 4. The molecule has 0 bridgehead atoms. The van der Waals surface area contributed by atoms with Crippen molar-refractivity contribution in [3.8, 4) is 5.75 Å². The van der Waals surface area contributed by atoms with Crippen LogP contribution in [0, 0.1) is 0 Å². The van der Waals surface area contributed by atoms with Crippen LogP contribution in [0.2, 0.25) is 5.02 Å². The summed E-state index contributed by atoms with van der Waals surface area (Å²) in [6.07, 6.45) is -3.56. The third-order valence-electron chi connectivity index (χ3n) is 4.11. The molecule has 1 aliphatic heterocycles. The number of urea groups is 1. The van der Waals surface area contributed by atoms with Gasteiger partial charge in [-0.1, -0.05) is 27.5 Å². The van der Waals surface area contributed by atoms with Gasteiger partial charge in [-0.2, -0.15) is 13.2 Å². The molecular weight excluding hydrogens is 493 g/mol. The molecule has 0 radical (unpaired) electrons. The van der Waals surface area contributed by atoms with Crippen LogP contribution in [0.1, 0.15) is 11.1 Å². The van der Waals surface area contributed by atoms with Gasteiger partial charge >= 0.3 is 12.2 Å². The molecular formula is C19H11BrClF3N2O4. The lowest BCUT2D eigenvalue weighted by molar-refractivity contribution is -0.137. The predicted octanol–water partition coefficient (Wildman–Crippen LogP) is 4.80. The zero-order valence-electron chi connectivity index (χ0n) is 15.0. The lowest BCUT2D eigenvalue weighted by Crippen LogP contribution is -2.54. The van der Waals surface area contributed by atoms with Crippen LogP contribution in [-0.2, 0) is 15.8 Å². The molecule has 4 amide bonds. The third kappa shape index (κ3) is 4.19. The monoisotopic (exact) mass is 502 g/mol. The number of hydrogen-bond donors (Lipinski definition) is 1. The average molecular weight is 504 g/mol. The fourth-order valence-corrected chi connectivity index (χ4v) is 3.29. The molecule has 0 aliphatic carbocycles. The number of methoxy groups -OCH3 is 1. The molecule has 1 fully saturated rings. The van der Waals surface area contributed by atoms with Gasteiger partial charge < -0.3 is 4.74 Å². The van der Waals surface area contributed by atoms with Gasteiger partial charge in [-0.15, -0.1) is 0 Å². The fraction of sp³-hybridized carbons (Fsp3) is 0.105. The summed E-state index contributed by atoms with van der Waals surface area (Å²) < 4.78 is 45.0. The maximum Gasteiger partial charge on any atom is 0.416 e. The Bertz CT molecular complexity index is 1100. The van der Waals surface area contributed by atoms with Crippen LogP contribution in [-0.4, -0.2) is 25.0 Å². The molecule has 0 aromatic heterocycles. The number of imide groups is 2. The fourth-order valence-electron chi connectivity index (χ4n) is 2.71. The molecule has 6 nitrogen and oxygen atoms in total. The Balaban J connectivity index is 2.12. The minimum absolute atomic E-state index is 0.278. The van der Waals surface area contributed by atoms with Gasteiger partial charge in [-0.3, -0.25) is 14.9 Å². The van der Waals surface area contributed by atoms with Crippen molar-refractivity contribution in [2.24, 2.45) is 0 Å². The van der Waals surface area contributed by atoms with E-state index in [4.69, 9.17) is 16.3 Å². The Kier molecular flexibility index (Phi) is 5.91. The molecule has 1 heterocycles. The minimum Gasteiger partial charge on any atom is -0.496 e. The van der Waals surface area contributed by atoms with E-state index in [1.54, 1.807) is 18.2 Å². The number of barbiturate groups is 1. The van der Waals surface area contributed by atoms with Crippen molar-refractivity contribution in [2.75, 3.05) is 12.0 Å². The molecule has 2 aromatic rings. The third-order valence-corrected chi connectivity index (χ3v) is 4.92. The van der Waals surface area contributed by atoms with E-state index in [0.29, 0.717) is 32.8 Å². The maximum absolute atomic E-state index is 13.1. The molecule has 1 aliphatic rings. The number of hydrogen-bond acceptors (Lipinski definition) is 4. The number of ether oxygens (including phenoxy) is 1. The van der Waals surface area contributed by atoms with Crippen molar-refractivity contribution in [3.05, 3.63) is 62.6 Å². The first-order valence-corrected chi connectivity index (χ1v) is 9.31. The number of nitrogens with one attached hydrogen (secondary N) is 1. The molecule has 0 saturated carbocycles. The topological polar surface area (TPSA) is 75.7 Å². The van der Waals surface area contributed by atoms with Crippen LogP contribution < -0.4 is 15.0 Å². The van der Waals surface area contributed by atoms with Crippen molar-refractivity contribution >= 4 is 57.1 Å². The van der Waals surface area contributed by atoms with Crippen molar-refractivity contribution in [3.63, 3.8) is 0 Å². The van der Waals surface area contributed by atoms with Crippen molar-refractivity contribution < 1.29 is 32.3 Å². The number of nitrogens with zero attached hydrogens (tertiary/aromatic N) is 1. The van der Waals surface area contributed by atoms with Crippen LogP contribution in [0.4, 0.5) is 23.7 Å². The smallest absolute Gasteiger partial charge is 0.416 e. The van der Waals surface area contributed by atoms with E-state index in [0.717, 1.165) is 6.07 Å². The zero-order chi connectivity index (χ0) is 22.2. The zero-order valence-corrected chi connectivity index (χ0v) is 17.4. The molecule has 156 valence electrons. The SMILES string of the molecule is COc1ccc(Br)cc1/C=C1/C(=O)NC(=O)N(c2cc(C(F)(F)F)ccc2Cl)C1=O. The van der Waals surface area contributed by atoms with E-state index in [-0.39, 0.29) is 5.02 Å². The second-order valence-corrected chi connectivity index (χ2v) is 7.33. The summed E-state index contributed by atoms with van der Waals surface area (Å²) in [6.45, 7) is 0. The quantitative estimate of drug-likeness (QED) is 0.482. The standard InChI is InChI=1S/C19H11BrClF3N2O4/c1-30-15-5-3-11(20)6-9(15)7-12-16(27)25-18(29)26(17(12)28)14-8-10(19(22,23)24)2-4-13(14)21/h2-8H,1H3,(H,25,27,29)/b12-7-. The Morgan fingerprint density at radius 1 is 1.13 bits per heavy atom. The first-order valence-electron chi connectivity index (χ1n) is 8.14. The van der Waals surface area contributed by atoms with Crippen molar-refractivity contribution in [2.45, 2.75) is 6.18 Å². The van der Waals surface area contributed by atoms with E-state index < -0.39 is 40.8 Å². The van der Waals surface area contributed by atoms with Gasteiger partial charge in [0.15, 0.2) is 0 Å². The maximum atomic E-state index is 13.1. The minimum atomic E-state index is -4.73. The normalized spacial score (nSPS) is 16.1. The number of rotatable bonds is 3. The van der Waals surface area contributed by atoms with E-state index in [9.17, 15) is 27.6 Å². The Morgan fingerprint density at radius 2 is 1.83 bits per heavy atom. The van der Waals surface area contributed by atoms with Gasteiger partial charge in [0.25, 0.3) is 11.8 Å². The molecule has 1 saturated heterocycles. The van der Waals surface area contributed by atoms with Gasteiger partial charge in [0, 0.05) is 10.0 Å². The summed E-state index contributed by atoms with van der Waals surface area (Å²) >= 11 is 9.21.